The Labute approximate surface area is 158 Å². The average molecular weight is 462 g/mol. The van der Waals surface area contributed by atoms with E-state index in [9.17, 15) is 13.2 Å². The van der Waals surface area contributed by atoms with E-state index in [1.54, 1.807) is 12.1 Å². The van der Waals surface area contributed by atoms with Crippen LogP contribution in [0.5, 0.6) is 5.75 Å². The molecule has 0 spiro atoms. The Hall–Kier alpha value is -1.32. The lowest BCUT2D eigenvalue weighted by Gasteiger charge is -2.36. The molecule has 1 N–H and O–H groups in total. The van der Waals surface area contributed by atoms with Gasteiger partial charge in [0.15, 0.2) is 0 Å². The summed E-state index contributed by atoms with van der Waals surface area (Å²) in [6.07, 6.45) is -4.67. The van der Waals surface area contributed by atoms with E-state index in [-0.39, 0.29) is 11.8 Å². The first-order valence-corrected chi connectivity index (χ1v) is 9.07. The molecule has 1 atom stereocenters. The number of nitrogens with zero attached hydrogens (tertiary/aromatic N) is 1. The Kier molecular flexibility index (Phi) is 5.85. The fraction of sp³-hybridized carbons (Fsp3) is 0.333. The molecular weight excluding hydrogens is 444 g/mol. The number of benzene rings is 2. The number of hydrogen-bond acceptors (Lipinski definition) is 3. The van der Waals surface area contributed by atoms with Gasteiger partial charge in [-0.05, 0) is 51.9 Å². The van der Waals surface area contributed by atoms with Gasteiger partial charge in [0.1, 0.15) is 5.75 Å². The average Bonchev–Trinajstić information content (AvgIpc) is 2.58. The monoisotopic (exact) mass is 462 g/mol. The van der Waals surface area contributed by atoms with E-state index in [0.29, 0.717) is 0 Å². The first kappa shape index (κ1) is 18.5. The van der Waals surface area contributed by atoms with Gasteiger partial charge in [-0.25, -0.2) is 0 Å². The number of alkyl halides is 3. The van der Waals surface area contributed by atoms with Gasteiger partial charge in [0.2, 0.25) is 0 Å². The van der Waals surface area contributed by atoms with Gasteiger partial charge in [-0.15, -0.1) is 13.2 Å². The van der Waals surface area contributed by atoms with Crippen molar-refractivity contribution in [3.8, 4) is 5.75 Å². The maximum atomic E-state index is 12.4. The second-order valence-corrected chi connectivity index (χ2v) is 6.99. The Morgan fingerprint density at radius 2 is 1.64 bits per heavy atom. The van der Waals surface area contributed by atoms with Crippen LogP contribution in [0.1, 0.15) is 17.2 Å². The summed E-state index contributed by atoms with van der Waals surface area (Å²) in [5.41, 5.74) is 2.12. The van der Waals surface area contributed by atoms with E-state index >= 15 is 0 Å². The zero-order chi connectivity index (χ0) is 17.9. The predicted octanol–water partition coefficient (Wildman–Crippen LogP) is 4.18. The van der Waals surface area contributed by atoms with Crippen LogP contribution in [0, 0.1) is 3.57 Å². The predicted molar refractivity (Wildman–Crippen MR) is 98.6 cm³/mol. The van der Waals surface area contributed by atoms with E-state index in [4.69, 9.17) is 0 Å². The molecule has 1 aliphatic rings. The quantitative estimate of drug-likeness (QED) is 0.691. The highest BCUT2D eigenvalue weighted by atomic mass is 127. The Morgan fingerprint density at radius 1 is 1.00 bits per heavy atom. The third-order valence-electron chi connectivity index (χ3n) is 4.15. The molecule has 0 amide bonds. The maximum Gasteiger partial charge on any atom is 0.573 e. The molecule has 0 radical (unpaired) electrons. The lowest BCUT2D eigenvalue weighted by atomic mass is 9.96. The minimum absolute atomic E-state index is 0.00939. The second kappa shape index (κ2) is 7.92. The van der Waals surface area contributed by atoms with Crippen molar-refractivity contribution in [3.63, 3.8) is 0 Å². The molecule has 3 rings (SSSR count). The summed E-state index contributed by atoms with van der Waals surface area (Å²) in [6, 6.07) is 14.3. The molecule has 1 heterocycles. The zero-order valence-corrected chi connectivity index (χ0v) is 15.5. The standard InChI is InChI=1S/C18H18F3IN2O/c19-18(20,21)25-14-7-5-13(6-8-14)17(24-11-9-23-10-12-24)15-3-1-2-4-16(15)22/h1-8,17,23H,9-12H2/t17-/m0/s1. The fourth-order valence-corrected chi connectivity index (χ4v) is 3.76. The number of rotatable bonds is 4. The molecular formula is C18H18F3IN2O. The Bertz CT molecular complexity index is 700. The molecule has 0 unspecified atom stereocenters. The number of halogens is 4. The second-order valence-electron chi connectivity index (χ2n) is 5.83. The summed E-state index contributed by atoms with van der Waals surface area (Å²) in [5.74, 6) is -0.196. The van der Waals surface area contributed by atoms with E-state index in [1.165, 1.54) is 12.1 Å². The SMILES string of the molecule is FC(F)(F)Oc1ccc([C@@H](c2ccccc2I)N2CCNCC2)cc1. The van der Waals surface area contributed by atoms with Gasteiger partial charge in [0.05, 0.1) is 6.04 Å². The maximum absolute atomic E-state index is 12.4. The molecule has 7 heteroatoms. The summed E-state index contributed by atoms with van der Waals surface area (Å²) in [7, 11) is 0. The Balaban J connectivity index is 1.93. The van der Waals surface area contributed by atoms with Gasteiger partial charge >= 0.3 is 6.36 Å². The van der Waals surface area contributed by atoms with Crippen LogP contribution in [0.3, 0.4) is 0 Å². The van der Waals surface area contributed by atoms with Crippen LogP contribution in [0.4, 0.5) is 13.2 Å². The minimum Gasteiger partial charge on any atom is -0.406 e. The van der Waals surface area contributed by atoms with Crippen LogP contribution >= 0.6 is 22.6 Å². The van der Waals surface area contributed by atoms with Crippen molar-refractivity contribution in [1.82, 2.24) is 10.2 Å². The highest BCUT2D eigenvalue weighted by Gasteiger charge is 2.31. The van der Waals surface area contributed by atoms with Gasteiger partial charge in [0.25, 0.3) is 0 Å². The third-order valence-corrected chi connectivity index (χ3v) is 5.13. The number of ether oxygens (including phenoxy) is 1. The summed E-state index contributed by atoms with van der Waals surface area (Å²) < 4.78 is 42.2. The number of piperazine rings is 1. The summed E-state index contributed by atoms with van der Waals surface area (Å²) in [4.78, 5) is 2.35. The lowest BCUT2D eigenvalue weighted by Crippen LogP contribution is -2.45. The topological polar surface area (TPSA) is 24.5 Å². The molecule has 0 aromatic heterocycles. The molecule has 0 saturated carbocycles. The normalized spacial score (nSPS) is 17.3. The molecule has 2 aromatic rings. The van der Waals surface area contributed by atoms with Crippen molar-refractivity contribution >= 4 is 22.6 Å². The van der Waals surface area contributed by atoms with Gasteiger partial charge in [0, 0.05) is 29.7 Å². The highest BCUT2D eigenvalue weighted by Crippen LogP contribution is 2.33. The van der Waals surface area contributed by atoms with Gasteiger partial charge < -0.3 is 10.1 Å². The first-order valence-electron chi connectivity index (χ1n) is 7.99. The van der Waals surface area contributed by atoms with E-state index in [2.05, 4.69) is 43.6 Å². The largest absolute Gasteiger partial charge is 0.573 e. The van der Waals surface area contributed by atoms with E-state index in [0.717, 1.165) is 40.9 Å². The van der Waals surface area contributed by atoms with Crippen LogP contribution in [-0.2, 0) is 0 Å². The van der Waals surface area contributed by atoms with Gasteiger partial charge in [-0.3, -0.25) is 4.90 Å². The van der Waals surface area contributed by atoms with Gasteiger partial charge in [-0.2, -0.15) is 0 Å². The molecule has 134 valence electrons. The number of hydrogen-bond donors (Lipinski definition) is 1. The van der Waals surface area contributed by atoms with E-state index in [1.807, 2.05) is 18.2 Å². The van der Waals surface area contributed by atoms with Crippen molar-refractivity contribution in [1.29, 1.82) is 0 Å². The minimum atomic E-state index is -4.67. The summed E-state index contributed by atoms with van der Waals surface area (Å²) in [5, 5.41) is 3.33. The molecule has 1 fully saturated rings. The smallest absolute Gasteiger partial charge is 0.406 e. The van der Waals surface area contributed by atoms with Crippen LogP contribution in [-0.4, -0.2) is 37.4 Å². The zero-order valence-electron chi connectivity index (χ0n) is 13.4. The summed E-state index contributed by atoms with van der Waals surface area (Å²) >= 11 is 2.31. The van der Waals surface area contributed by atoms with Crippen molar-refractivity contribution in [2.75, 3.05) is 26.2 Å². The number of nitrogens with one attached hydrogen (secondary N) is 1. The third kappa shape index (κ3) is 4.86. The molecule has 3 nitrogen and oxygen atoms in total. The van der Waals surface area contributed by atoms with Crippen LogP contribution < -0.4 is 10.1 Å². The van der Waals surface area contributed by atoms with Crippen molar-refractivity contribution < 1.29 is 17.9 Å². The Morgan fingerprint density at radius 3 is 2.24 bits per heavy atom. The van der Waals surface area contributed by atoms with E-state index < -0.39 is 6.36 Å². The fourth-order valence-electron chi connectivity index (χ4n) is 3.08. The molecule has 0 bridgehead atoms. The van der Waals surface area contributed by atoms with Crippen molar-refractivity contribution in [3.05, 3.63) is 63.2 Å². The van der Waals surface area contributed by atoms with Gasteiger partial charge in [-0.1, -0.05) is 30.3 Å². The van der Waals surface area contributed by atoms with Crippen LogP contribution in [0.15, 0.2) is 48.5 Å². The summed E-state index contributed by atoms with van der Waals surface area (Å²) in [6.45, 7) is 3.57. The highest BCUT2D eigenvalue weighted by molar-refractivity contribution is 14.1. The van der Waals surface area contributed by atoms with Crippen LogP contribution in [0.2, 0.25) is 0 Å². The molecule has 25 heavy (non-hydrogen) atoms. The molecule has 1 aliphatic heterocycles. The molecule has 1 saturated heterocycles. The van der Waals surface area contributed by atoms with Crippen molar-refractivity contribution in [2.24, 2.45) is 0 Å². The van der Waals surface area contributed by atoms with Crippen LogP contribution in [0.25, 0.3) is 0 Å². The first-order chi connectivity index (χ1) is 11.9. The molecule has 0 aliphatic carbocycles. The lowest BCUT2D eigenvalue weighted by molar-refractivity contribution is -0.274. The van der Waals surface area contributed by atoms with Crippen molar-refractivity contribution in [2.45, 2.75) is 12.4 Å². The molecule has 2 aromatic carbocycles.